The lowest BCUT2D eigenvalue weighted by Gasteiger charge is -2.19. The van der Waals surface area contributed by atoms with E-state index >= 15 is 0 Å². The molecule has 0 aliphatic rings. The second-order valence-corrected chi connectivity index (χ2v) is 9.17. The Hall–Kier alpha value is -3.13. The van der Waals surface area contributed by atoms with Gasteiger partial charge in [0.2, 0.25) is 0 Å². The van der Waals surface area contributed by atoms with E-state index in [1.807, 2.05) is 6.07 Å². The van der Waals surface area contributed by atoms with Crippen LogP contribution in [0.25, 0.3) is 23.2 Å². The number of rotatable bonds is 4. The molecular formula is C28H30N2. The van der Waals surface area contributed by atoms with Gasteiger partial charge in [0.15, 0.2) is 0 Å². The largest absolute Gasteiger partial charge is 0.320 e. The van der Waals surface area contributed by atoms with Crippen LogP contribution in [0.3, 0.4) is 0 Å². The molecule has 1 heterocycles. The average Bonchev–Trinajstić information content (AvgIpc) is 3.03. The van der Waals surface area contributed by atoms with Gasteiger partial charge in [0.1, 0.15) is 5.82 Å². The van der Waals surface area contributed by atoms with Gasteiger partial charge in [-0.2, -0.15) is 0 Å². The van der Waals surface area contributed by atoms with Crippen LogP contribution in [0.4, 0.5) is 0 Å². The van der Waals surface area contributed by atoms with Crippen molar-refractivity contribution < 1.29 is 0 Å². The van der Waals surface area contributed by atoms with E-state index in [1.165, 1.54) is 33.3 Å². The van der Waals surface area contributed by atoms with Crippen molar-refractivity contribution in [3.63, 3.8) is 0 Å². The molecule has 152 valence electrons. The van der Waals surface area contributed by atoms with Crippen molar-refractivity contribution in [3.8, 4) is 0 Å². The normalized spacial score (nSPS) is 12.2. The Bertz CT molecular complexity index is 1190. The first kappa shape index (κ1) is 20.2. The Balaban J connectivity index is 1.76. The highest BCUT2D eigenvalue weighted by Crippen LogP contribution is 2.25. The van der Waals surface area contributed by atoms with Crippen molar-refractivity contribution in [2.75, 3.05) is 0 Å². The van der Waals surface area contributed by atoms with E-state index in [0.29, 0.717) is 0 Å². The summed E-state index contributed by atoms with van der Waals surface area (Å²) in [6, 6.07) is 23.9. The highest BCUT2D eigenvalue weighted by Gasteiger charge is 2.14. The van der Waals surface area contributed by atoms with Gasteiger partial charge in [-0.25, -0.2) is 4.98 Å². The lowest BCUT2D eigenvalue weighted by atomic mass is 9.87. The maximum absolute atomic E-state index is 4.96. The fourth-order valence-corrected chi connectivity index (χ4v) is 3.72. The van der Waals surface area contributed by atoms with Gasteiger partial charge in [-0.3, -0.25) is 0 Å². The van der Waals surface area contributed by atoms with Crippen LogP contribution in [0.15, 0.2) is 66.7 Å². The second kappa shape index (κ2) is 7.95. The Morgan fingerprint density at radius 1 is 0.833 bits per heavy atom. The van der Waals surface area contributed by atoms with Crippen LogP contribution >= 0.6 is 0 Å². The molecule has 0 spiro atoms. The standard InChI is InChI=1S/C28H30N2/c1-20-17-25-26(18-21(20)2)30(19-23-11-14-24(15-12-23)28(3,4)5)27(29-25)16-13-22-9-7-6-8-10-22/h6-18H,19H2,1-5H3. The van der Waals surface area contributed by atoms with Crippen LogP contribution in [0.2, 0.25) is 0 Å². The van der Waals surface area contributed by atoms with E-state index in [4.69, 9.17) is 4.98 Å². The molecule has 0 atom stereocenters. The second-order valence-electron chi connectivity index (χ2n) is 9.17. The summed E-state index contributed by atoms with van der Waals surface area (Å²) in [7, 11) is 0. The first-order chi connectivity index (χ1) is 14.3. The lowest BCUT2D eigenvalue weighted by Crippen LogP contribution is -2.11. The van der Waals surface area contributed by atoms with Crippen LogP contribution < -0.4 is 0 Å². The summed E-state index contributed by atoms with van der Waals surface area (Å²) in [6.45, 7) is 11.9. The van der Waals surface area contributed by atoms with Gasteiger partial charge in [-0.05, 0) is 65.3 Å². The van der Waals surface area contributed by atoms with E-state index < -0.39 is 0 Å². The molecule has 3 aromatic carbocycles. The summed E-state index contributed by atoms with van der Waals surface area (Å²) in [6.07, 6.45) is 4.27. The zero-order valence-electron chi connectivity index (χ0n) is 18.6. The molecule has 0 radical (unpaired) electrons. The zero-order chi connectivity index (χ0) is 21.3. The molecule has 1 aromatic heterocycles. The predicted molar refractivity (Wildman–Crippen MR) is 129 cm³/mol. The summed E-state index contributed by atoms with van der Waals surface area (Å²) in [5, 5.41) is 0. The van der Waals surface area contributed by atoms with Crippen LogP contribution in [-0.2, 0) is 12.0 Å². The van der Waals surface area contributed by atoms with Gasteiger partial charge in [0.25, 0.3) is 0 Å². The SMILES string of the molecule is Cc1cc2nc(C=Cc3ccccc3)n(Cc3ccc(C(C)(C)C)cc3)c2cc1C. The number of hydrogen-bond acceptors (Lipinski definition) is 1. The van der Waals surface area contributed by atoms with Gasteiger partial charge in [-0.1, -0.05) is 81.4 Å². The molecule has 30 heavy (non-hydrogen) atoms. The Labute approximate surface area is 179 Å². The number of nitrogens with zero attached hydrogens (tertiary/aromatic N) is 2. The van der Waals surface area contributed by atoms with E-state index in [0.717, 1.165) is 17.9 Å². The Morgan fingerprint density at radius 3 is 2.17 bits per heavy atom. The van der Waals surface area contributed by atoms with Crippen molar-refractivity contribution in [1.82, 2.24) is 9.55 Å². The van der Waals surface area contributed by atoms with Gasteiger partial charge < -0.3 is 4.57 Å². The first-order valence-electron chi connectivity index (χ1n) is 10.6. The summed E-state index contributed by atoms with van der Waals surface area (Å²) < 4.78 is 2.33. The molecule has 0 N–H and O–H groups in total. The fraction of sp³-hybridized carbons (Fsp3) is 0.250. The molecular weight excluding hydrogens is 364 g/mol. The highest BCUT2D eigenvalue weighted by atomic mass is 15.1. The summed E-state index contributed by atoms with van der Waals surface area (Å²) >= 11 is 0. The molecule has 0 aliphatic heterocycles. The third kappa shape index (κ3) is 4.23. The summed E-state index contributed by atoms with van der Waals surface area (Å²) in [5.41, 5.74) is 8.80. The molecule has 0 amide bonds. The monoisotopic (exact) mass is 394 g/mol. The molecule has 0 aliphatic carbocycles. The summed E-state index contributed by atoms with van der Waals surface area (Å²) in [4.78, 5) is 4.96. The molecule has 0 saturated carbocycles. The fourth-order valence-electron chi connectivity index (χ4n) is 3.72. The third-order valence-corrected chi connectivity index (χ3v) is 5.78. The molecule has 4 rings (SSSR count). The van der Waals surface area contributed by atoms with E-state index in [1.54, 1.807) is 0 Å². The lowest BCUT2D eigenvalue weighted by molar-refractivity contribution is 0.590. The number of aromatic nitrogens is 2. The number of hydrogen-bond donors (Lipinski definition) is 0. The van der Waals surface area contributed by atoms with Crippen LogP contribution in [0.1, 0.15) is 54.4 Å². The third-order valence-electron chi connectivity index (χ3n) is 5.78. The van der Waals surface area contributed by atoms with E-state index in [9.17, 15) is 0 Å². The van der Waals surface area contributed by atoms with Crippen LogP contribution in [0, 0.1) is 13.8 Å². The minimum atomic E-state index is 0.165. The number of aryl methyl sites for hydroxylation is 2. The topological polar surface area (TPSA) is 17.8 Å². The van der Waals surface area contributed by atoms with Crippen molar-refractivity contribution >= 4 is 23.2 Å². The minimum absolute atomic E-state index is 0.165. The van der Waals surface area contributed by atoms with Gasteiger partial charge >= 0.3 is 0 Å². The molecule has 0 bridgehead atoms. The van der Waals surface area contributed by atoms with E-state index in [2.05, 4.69) is 112 Å². The summed E-state index contributed by atoms with van der Waals surface area (Å²) in [5.74, 6) is 0.985. The zero-order valence-corrected chi connectivity index (χ0v) is 18.6. The van der Waals surface area contributed by atoms with Gasteiger partial charge in [0.05, 0.1) is 11.0 Å². The molecule has 0 unspecified atom stereocenters. The number of fused-ring (bicyclic) bond motifs is 1. The van der Waals surface area contributed by atoms with Gasteiger partial charge in [-0.15, -0.1) is 0 Å². The maximum Gasteiger partial charge on any atom is 0.134 e. The highest BCUT2D eigenvalue weighted by molar-refractivity contribution is 5.81. The number of benzene rings is 3. The van der Waals surface area contributed by atoms with Crippen molar-refractivity contribution in [1.29, 1.82) is 0 Å². The molecule has 0 saturated heterocycles. The molecule has 2 heteroatoms. The van der Waals surface area contributed by atoms with Gasteiger partial charge in [0, 0.05) is 6.54 Å². The average molecular weight is 395 g/mol. The Kier molecular flexibility index (Phi) is 5.34. The minimum Gasteiger partial charge on any atom is -0.320 e. The van der Waals surface area contributed by atoms with Crippen LogP contribution in [-0.4, -0.2) is 9.55 Å². The predicted octanol–water partition coefficient (Wildman–Crippen LogP) is 7.17. The Morgan fingerprint density at radius 2 is 1.50 bits per heavy atom. The maximum atomic E-state index is 4.96. The molecule has 0 fully saturated rings. The van der Waals surface area contributed by atoms with Crippen molar-refractivity contribution in [3.05, 3.63) is 100 Å². The first-order valence-corrected chi connectivity index (χ1v) is 10.6. The van der Waals surface area contributed by atoms with E-state index in [-0.39, 0.29) is 5.41 Å². The number of imidazole rings is 1. The molecule has 2 nitrogen and oxygen atoms in total. The van der Waals surface area contributed by atoms with Crippen molar-refractivity contribution in [2.45, 2.75) is 46.6 Å². The smallest absolute Gasteiger partial charge is 0.134 e. The van der Waals surface area contributed by atoms with Crippen LogP contribution in [0.5, 0.6) is 0 Å². The van der Waals surface area contributed by atoms with Crippen molar-refractivity contribution in [2.24, 2.45) is 0 Å². The quantitative estimate of drug-likeness (QED) is 0.359. The molecule has 4 aromatic rings.